The molecule has 1 aromatic rings. The van der Waals surface area contributed by atoms with Crippen LogP contribution in [-0.2, 0) is 10.4 Å². The molecule has 3 N–H and O–H groups in total. The van der Waals surface area contributed by atoms with Crippen LogP contribution in [0.15, 0.2) is 12.1 Å². The summed E-state index contributed by atoms with van der Waals surface area (Å²) in [7, 11) is 0. The van der Waals surface area contributed by atoms with Crippen LogP contribution < -0.4 is 5.90 Å². The summed E-state index contributed by atoms with van der Waals surface area (Å²) in [5.41, 5.74) is 2.22. The Kier molecular flexibility index (Phi) is 2.83. The van der Waals surface area contributed by atoms with E-state index in [1.165, 1.54) is 0 Å². The second-order valence-electron chi connectivity index (χ2n) is 4.08. The second-order valence-corrected chi connectivity index (χ2v) is 4.08. The van der Waals surface area contributed by atoms with E-state index in [1.807, 2.05) is 33.8 Å². The van der Waals surface area contributed by atoms with E-state index in [4.69, 9.17) is 10.7 Å². The maximum absolute atomic E-state index is 9.75. The van der Waals surface area contributed by atoms with Crippen molar-refractivity contribution in [2.24, 2.45) is 5.90 Å². The zero-order valence-corrected chi connectivity index (χ0v) is 9.09. The highest BCUT2D eigenvalue weighted by Gasteiger charge is 2.24. The average molecular weight is 195 g/mol. The average Bonchev–Trinajstić information content (AvgIpc) is 2.11. The van der Waals surface area contributed by atoms with Gasteiger partial charge in [-0.15, -0.1) is 0 Å². The number of benzene rings is 1. The molecule has 0 aliphatic carbocycles. The first-order valence-corrected chi connectivity index (χ1v) is 4.57. The third-order valence-electron chi connectivity index (χ3n) is 2.56. The first kappa shape index (κ1) is 11.0. The molecule has 0 aromatic heterocycles. The van der Waals surface area contributed by atoms with Gasteiger partial charge in [0.2, 0.25) is 0 Å². The van der Waals surface area contributed by atoms with Gasteiger partial charge >= 0.3 is 0 Å². The summed E-state index contributed by atoms with van der Waals surface area (Å²) < 4.78 is 0. The van der Waals surface area contributed by atoms with Crippen LogP contribution in [0.25, 0.3) is 0 Å². The Morgan fingerprint density at radius 2 is 1.71 bits per heavy atom. The summed E-state index contributed by atoms with van der Waals surface area (Å²) in [4.78, 5) is 4.84. The van der Waals surface area contributed by atoms with Gasteiger partial charge in [-0.2, -0.15) is 0 Å². The zero-order chi connectivity index (χ0) is 10.9. The molecular formula is C11H17NO2. The van der Waals surface area contributed by atoms with Crippen molar-refractivity contribution < 1.29 is 9.94 Å². The van der Waals surface area contributed by atoms with Gasteiger partial charge in [0.1, 0.15) is 11.4 Å². The first-order valence-electron chi connectivity index (χ1n) is 4.57. The second kappa shape index (κ2) is 3.59. The van der Waals surface area contributed by atoms with Gasteiger partial charge in [-0.25, -0.2) is 5.90 Å². The van der Waals surface area contributed by atoms with E-state index in [1.54, 1.807) is 6.07 Å². The molecule has 1 rings (SSSR count). The molecule has 0 unspecified atom stereocenters. The molecular weight excluding hydrogens is 178 g/mol. The van der Waals surface area contributed by atoms with E-state index >= 15 is 0 Å². The molecule has 1 aromatic carbocycles. The normalized spacial score (nSPS) is 11.8. The third kappa shape index (κ3) is 1.89. The Morgan fingerprint density at radius 3 is 2.21 bits per heavy atom. The van der Waals surface area contributed by atoms with Gasteiger partial charge in [-0.05, 0) is 51.0 Å². The number of aryl methyl sites for hydroxylation is 2. The van der Waals surface area contributed by atoms with Crippen molar-refractivity contribution in [1.82, 2.24) is 0 Å². The predicted molar refractivity (Wildman–Crippen MR) is 55.9 cm³/mol. The zero-order valence-electron chi connectivity index (χ0n) is 9.09. The highest BCUT2D eigenvalue weighted by atomic mass is 16.6. The van der Waals surface area contributed by atoms with Gasteiger partial charge in [0.05, 0.1) is 0 Å². The molecule has 0 saturated heterocycles. The number of rotatable bonds is 2. The summed E-state index contributed by atoms with van der Waals surface area (Å²) in [5, 5.41) is 9.75. The van der Waals surface area contributed by atoms with E-state index in [9.17, 15) is 5.11 Å². The smallest absolute Gasteiger partial charge is 0.122 e. The number of hydrogen-bond acceptors (Lipinski definition) is 3. The maximum atomic E-state index is 9.75. The molecule has 0 radical (unpaired) electrons. The molecule has 3 heteroatoms. The first-order chi connectivity index (χ1) is 6.38. The molecule has 0 fully saturated rings. The van der Waals surface area contributed by atoms with Gasteiger partial charge in [-0.1, -0.05) is 0 Å². The molecule has 0 amide bonds. The highest BCUT2D eigenvalue weighted by Crippen LogP contribution is 2.32. The molecule has 0 saturated carbocycles. The van der Waals surface area contributed by atoms with E-state index < -0.39 is 5.60 Å². The Morgan fingerprint density at radius 1 is 1.21 bits per heavy atom. The van der Waals surface area contributed by atoms with E-state index in [0.717, 1.165) is 11.1 Å². The maximum Gasteiger partial charge on any atom is 0.122 e. The third-order valence-corrected chi connectivity index (χ3v) is 2.56. The van der Waals surface area contributed by atoms with Gasteiger partial charge < -0.3 is 5.11 Å². The van der Waals surface area contributed by atoms with E-state index in [-0.39, 0.29) is 5.75 Å². The van der Waals surface area contributed by atoms with Crippen molar-refractivity contribution in [3.05, 3.63) is 28.8 Å². The summed E-state index contributed by atoms with van der Waals surface area (Å²) in [5.74, 6) is 5.41. The van der Waals surface area contributed by atoms with Crippen LogP contribution in [0.2, 0.25) is 0 Å². The van der Waals surface area contributed by atoms with Crippen LogP contribution >= 0.6 is 0 Å². The Hall–Kier alpha value is -1.06. The molecule has 0 bridgehead atoms. The van der Waals surface area contributed by atoms with Crippen molar-refractivity contribution in [3.8, 4) is 5.75 Å². The van der Waals surface area contributed by atoms with Crippen molar-refractivity contribution in [2.45, 2.75) is 33.3 Å². The summed E-state index contributed by atoms with van der Waals surface area (Å²) >= 11 is 0. The summed E-state index contributed by atoms with van der Waals surface area (Å²) in [6.07, 6.45) is 0. The van der Waals surface area contributed by atoms with Crippen molar-refractivity contribution in [2.75, 3.05) is 0 Å². The summed E-state index contributed by atoms with van der Waals surface area (Å²) in [6.45, 7) is 7.58. The largest absolute Gasteiger partial charge is 0.508 e. The predicted octanol–water partition coefficient (Wildman–Crippen LogP) is 2.13. The number of phenols is 1. The Bertz CT molecular complexity index is 345. The minimum atomic E-state index is -0.664. The van der Waals surface area contributed by atoms with Gasteiger partial charge in [0, 0.05) is 5.56 Å². The molecule has 0 atom stereocenters. The van der Waals surface area contributed by atoms with Gasteiger partial charge in [0.15, 0.2) is 0 Å². The van der Waals surface area contributed by atoms with E-state index in [2.05, 4.69) is 0 Å². The summed E-state index contributed by atoms with van der Waals surface area (Å²) in [6, 6.07) is 3.63. The fourth-order valence-corrected chi connectivity index (χ4v) is 1.35. The molecule has 0 aliphatic heterocycles. The number of phenolic OH excluding ortho intramolecular Hbond substituents is 1. The molecule has 3 nitrogen and oxygen atoms in total. The lowest BCUT2D eigenvalue weighted by Crippen LogP contribution is -2.25. The van der Waals surface area contributed by atoms with Crippen molar-refractivity contribution in [3.63, 3.8) is 0 Å². The van der Waals surface area contributed by atoms with E-state index in [0.29, 0.717) is 5.56 Å². The fourth-order valence-electron chi connectivity index (χ4n) is 1.35. The molecule has 0 heterocycles. The van der Waals surface area contributed by atoms with Crippen LogP contribution in [0.3, 0.4) is 0 Å². The molecule has 14 heavy (non-hydrogen) atoms. The number of nitrogens with two attached hydrogens (primary N) is 1. The van der Waals surface area contributed by atoms with Crippen LogP contribution in [-0.4, -0.2) is 5.11 Å². The molecule has 0 spiro atoms. The monoisotopic (exact) mass is 195 g/mol. The highest BCUT2D eigenvalue weighted by molar-refractivity contribution is 5.43. The lowest BCUT2D eigenvalue weighted by atomic mass is 9.93. The van der Waals surface area contributed by atoms with Crippen LogP contribution in [0.4, 0.5) is 0 Å². The van der Waals surface area contributed by atoms with Crippen LogP contribution in [0.1, 0.15) is 30.5 Å². The molecule has 78 valence electrons. The fraction of sp³-hybridized carbons (Fsp3) is 0.455. The topological polar surface area (TPSA) is 55.5 Å². The van der Waals surface area contributed by atoms with Crippen LogP contribution in [0, 0.1) is 13.8 Å². The minimum absolute atomic E-state index is 0.226. The quantitative estimate of drug-likeness (QED) is 0.711. The van der Waals surface area contributed by atoms with Crippen LogP contribution in [0.5, 0.6) is 5.75 Å². The van der Waals surface area contributed by atoms with Gasteiger partial charge in [-0.3, -0.25) is 4.84 Å². The number of aromatic hydroxyl groups is 1. The molecule has 0 aliphatic rings. The SMILES string of the molecule is Cc1cc(O)c(C(C)(C)ON)cc1C. The van der Waals surface area contributed by atoms with Crippen molar-refractivity contribution in [1.29, 1.82) is 0 Å². The Balaban J connectivity index is 3.29. The number of hydrogen-bond donors (Lipinski definition) is 2. The Labute approximate surface area is 84.5 Å². The van der Waals surface area contributed by atoms with Gasteiger partial charge in [0.25, 0.3) is 0 Å². The minimum Gasteiger partial charge on any atom is -0.508 e. The lowest BCUT2D eigenvalue weighted by molar-refractivity contribution is -0.0251. The standard InChI is InChI=1S/C11H17NO2/c1-7-5-9(11(3,4)14-12)10(13)6-8(7)2/h5-6,13H,12H2,1-4H3. The van der Waals surface area contributed by atoms with Crippen molar-refractivity contribution >= 4 is 0 Å². The lowest BCUT2D eigenvalue weighted by Gasteiger charge is -2.24.